The number of hydrogen-bond donors (Lipinski definition) is 0. The fourth-order valence-corrected chi connectivity index (χ4v) is 2.59. The fourth-order valence-electron chi connectivity index (χ4n) is 2.59. The van der Waals surface area contributed by atoms with Crippen LogP contribution in [-0.4, -0.2) is 11.6 Å². The third kappa shape index (κ3) is 9.07. The molecule has 0 saturated heterocycles. The third-order valence-corrected chi connectivity index (χ3v) is 3.49. The minimum atomic E-state index is -0.0404. The highest BCUT2D eigenvalue weighted by atomic mass is 16.1. The predicted molar refractivity (Wildman–Crippen MR) is 137 cm³/mol. The van der Waals surface area contributed by atoms with Crippen LogP contribution in [0.3, 0.4) is 0 Å². The van der Waals surface area contributed by atoms with E-state index in [0.29, 0.717) is 22.3 Å². The Kier molecular flexibility index (Phi) is 27.1. The van der Waals surface area contributed by atoms with Crippen LogP contribution in [0.15, 0.2) is 36.4 Å². The highest BCUT2D eigenvalue weighted by Crippen LogP contribution is 2.30. The first-order chi connectivity index (χ1) is 14.6. The van der Waals surface area contributed by atoms with Crippen LogP contribution in [-0.2, 0) is 0 Å². The fraction of sp³-hybridized carbons (Fsp3) is 0.500. The molecule has 30 heavy (non-hydrogen) atoms. The number of benzene rings is 2. The van der Waals surface area contributed by atoms with Crippen LogP contribution >= 0.6 is 0 Å². The molecule has 2 nitrogen and oxygen atoms in total. The van der Waals surface area contributed by atoms with Gasteiger partial charge in [0.1, 0.15) is 0 Å². The van der Waals surface area contributed by atoms with E-state index in [9.17, 15) is 9.59 Å². The van der Waals surface area contributed by atoms with Crippen LogP contribution in [0, 0.1) is 13.8 Å². The van der Waals surface area contributed by atoms with Crippen molar-refractivity contribution in [1.29, 1.82) is 0 Å². The van der Waals surface area contributed by atoms with Gasteiger partial charge in [0.2, 0.25) is 0 Å². The number of hydrogen-bond acceptors (Lipinski definition) is 2. The van der Waals surface area contributed by atoms with E-state index in [-0.39, 0.29) is 11.6 Å². The Morgan fingerprint density at radius 2 is 0.667 bits per heavy atom. The maximum absolute atomic E-state index is 12.5. The van der Waals surface area contributed by atoms with Gasteiger partial charge >= 0.3 is 0 Å². The van der Waals surface area contributed by atoms with Crippen LogP contribution < -0.4 is 0 Å². The highest BCUT2D eigenvalue weighted by molar-refractivity contribution is 6.29. The van der Waals surface area contributed by atoms with Gasteiger partial charge in [-0.25, -0.2) is 0 Å². The summed E-state index contributed by atoms with van der Waals surface area (Å²) in [6, 6.07) is 10.8. The summed E-state index contributed by atoms with van der Waals surface area (Å²) >= 11 is 0. The molecule has 0 spiro atoms. The van der Waals surface area contributed by atoms with Crippen LogP contribution in [0.2, 0.25) is 0 Å². The van der Waals surface area contributed by atoms with Gasteiger partial charge in [0.05, 0.1) is 0 Å². The molecule has 2 aromatic carbocycles. The second-order valence-electron chi connectivity index (χ2n) is 4.65. The molecular weight excluding hydrogens is 368 g/mol. The third-order valence-electron chi connectivity index (χ3n) is 3.49. The number of ketones is 2. The molecule has 2 aromatic rings. The van der Waals surface area contributed by atoms with E-state index in [4.69, 9.17) is 0 Å². The Morgan fingerprint density at radius 3 is 0.900 bits per heavy atom. The zero-order valence-corrected chi connectivity index (χ0v) is 22.3. The van der Waals surface area contributed by atoms with Gasteiger partial charge in [-0.3, -0.25) is 9.59 Å². The Labute approximate surface area is 188 Å². The molecule has 0 saturated carbocycles. The number of carbonyl (C=O) groups excluding carboxylic acids is 2. The Bertz CT molecular complexity index is 636. The van der Waals surface area contributed by atoms with Crippen molar-refractivity contribution < 1.29 is 9.59 Å². The van der Waals surface area contributed by atoms with Crippen molar-refractivity contribution in [2.24, 2.45) is 0 Å². The van der Waals surface area contributed by atoms with E-state index in [1.807, 2.05) is 121 Å². The van der Waals surface area contributed by atoms with Gasteiger partial charge in [-0.05, 0) is 25.0 Å². The van der Waals surface area contributed by atoms with Gasteiger partial charge in [-0.15, -0.1) is 0 Å². The maximum atomic E-state index is 12.5. The zero-order valence-electron chi connectivity index (χ0n) is 22.3. The van der Waals surface area contributed by atoms with Crippen molar-refractivity contribution in [3.05, 3.63) is 69.8 Å². The summed E-state index contributed by atoms with van der Waals surface area (Å²) in [7, 11) is 0. The van der Waals surface area contributed by atoms with Crippen LogP contribution in [0.25, 0.3) is 0 Å². The van der Waals surface area contributed by atoms with Gasteiger partial charge in [-0.2, -0.15) is 0 Å². The number of carbonyl (C=O) groups is 2. The minimum Gasteiger partial charge on any atom is -0.289 e. The van der Waals surface area contributed by atoms with E-state index in [1.165, 1.54) is 0 Å². The molecule has 3 rings (SSSR count). The van der Waals surface area contributed by atoms with Crippen LogP contribution in [0.5, 0.6) is 0 Å². The summed E-state index contributed by atoms with van der Waals surface area (Å²) in [6.45, 7) is 27.7. The van der Waals surface area contributed by atoms with Crippen molar-refractivity contribution in [1.82, 2.24) is 0 Å². The maximum Gasteiger partial charge on any atom is 0.194 e. The molecule has 0 unspecified atom stereocenters. The SMILES string of the molecule is CC.CC.CC.CC.CC.CC.Cc1cccc2c1C(=O)c1cccc(C)c1C2=O. The molecule has 0 radical (unpaired) electrons. The Balaban J connectivity index is -0.000000245. The Morgan fingerprint density at radius 1 is 0.433 bits per heavy atom. The summed E-state index contributed by atoms with van der Waals surface area (Å²) in [5.74, 6) is -0.0807. The predicted octanol–water partition coefficient (Wildman–Crippen LogP) is 9.24. The summed E-state index contributed by atoms with van der Waals surface area (Å²) in [4.78, 5) is 24.9. The van der Waals surface area contributed by atoms with Crippen molar-refractivity contribution in [2.45, 2.75) is 96.9 Å². The smallest absolute Gasteiger partial charge is 0.194 e. The van der Waals surface area contributed by atoms with Gasteiger partial charge in [0, 0.05) is 22.3 Å². The second kappa shape index (κ2) is 23.1. The Hall–Kier alpha value is -2.22. The highest BCUT2D eigenvalue weighted by Gasteiger charge is 2.31. The molecule has 0 aliphatic heterocycles. The molecule has 0 aromatic heterocycles. The second-order valence-corrected chi connectivity index (χ2v) is 4.65. The molecule has 0 atom stereocenters. The van der Waals surface area contributed by atoms with E-state index in [2.05, 4.69) is 0 Å². The molecule has 1 aliphatic rings. The molecule has 0 N–H and O–H groups in total. The van der Waals surface area contributed by atoms with E-state index >= 15 is 0 Å². The topological polar surface area (TPSA) is 34.1 Å². The lowest BCUT2D eigenvalue weighted by Gasteiger charge is -2.20. The lowest BCUT2D eigenvalue weighted by atomic mass is 9.80. The molecule has 2 heteroatoms. The summed E-state index contributed by atoms with van der Waals surface area (Å²) in [5, 5.41) is 0. The average Bonchev–Trinajstić information content (AvgIpc) is 2.85. The zero-order chi connectivity index (χ0) is 24.9. The van der Waals surface area contributed by atoms with E-state index < -0.39 is 0 Å². The molecule has 0 fully saturated rings. The average molecular weight is 417 g/mol. The van der Waals surface area contributed by atoms with E-state index in [0.717, 1.165) is 11.1 Å². The quantitative estimate of drug-likeness (QED) is 0.366. The first-order valence-corrected chi connectivity index (χ1v) is 11.9. The molecule has 172 valence electrons. The van der Waals surface area contributed by atoms with Crippen LogP contribution in [0.4, 0.5) is 0 Å². The largest absolute Gasteiger partial charge is 0.289 e. The van der Waals surface area contributed by atoms with Crippen molar-refractivity contribution in [3.8, 4) is 0 Å². The molecular formula is C28H48O2. The van der Waals surface area contributed by atoms with Crippen LogP contribution in [0.1, 0.15) is 126 Å². The number of aryl methyl sites for hydroxylation is 2. The molecule has 0 bridgehead atoms. The standard InChI is InChI=1S/C16H12O2.6C2H6/c1-9-5-3-7-11-13(9)15(17)12-8-4-6-10(2)14(12)16(11)18;6*1-2/h3-8H,1-2H3;6*1-2H3. The van der Waals surface area contributed by atoms with Crippen molar-refractivity contribution in [3.63, 3.8) is 0 Å². The van der Waals surface area contributed by atoms with Crippen molar-refractivity contribution in [2.75, 3.05) is 0 Å². The number of rotatable bonds is 0. The van der Waals surface area contributed by atoms with Gasteiger partial charge in [0.15, 0.2) is 11.6 Å². The lowest BCUT2D eigenvalue weighted by Crippen LogP contribution is -2.22. The summed E-state index contributed by atoms with van der Waals surface area (Å²) in [5.41, 5.74) is 3.89. The monoisotopic (exact) mass is 416 g/mol. The molecule has 1 aliphatic carbocycles. The molecule has 0 amide bonds. The van der Waals surface area contributed by atoms with Gasteiger partial charge in [0.25, 0.3) is 0 Å². The minimum absolute atomic E-state index is 0.0404. The van der Waals surface area contributed by atoms with Gasteiger partial charge in [-0.1, -0.05) is 119 Å². The van der Waals surface area contributed by atoms with E-state index in [1.54, 1.807) is 12.1 Å². The first kappa shape index (κ1) is 35.2. The first-order valence-electron chi connectivity index (χ1n) is 11.9. The molecule has 0 heterocycles. The summed E-state index contributed by atoms with van der Waals surface area (Å²) in [6.07, 6.45) is 0. The summed E-state index contributed by atoms with van der Waals surface area (Å²) < 4.78 is 0. The lowest BCUT2D eigenvalue weighted by molar-refractivity contribution is 0.0978. The van der Waals surface area contributed by atoms with Gasteiger partial charge < -0.3 is 0 Å². The van der Waals surface area contributed by atoms with Crippen molar-refractivity contribution >= 4 is 11.6 Å². The number of fused-ring (bicyclic) bond motifs is 2. The normalized spacial score (nSPS) is 9.13.